The highest BCUT2D eigenvalue weighted by atomic mass is 16.7. The summed E-state index contributed by atoms with van der Waals surface area (Å²) in [6.45, 7) is 4.74. The number of benzene rings is 1. The van der Waals surface area contributed by atoms with Crippen LogP contribution in [0, 0.1) is 0 Å². The van der Waals surface area contributed by atoms with Crippen molar-refractivity contribution in [2.45, 2.75) is 31.7 Å². The average molecular weight is 336 g/mol. The standard InChI is InChI=1S/C17H24N2O5/c1-2-22-14-5-3-13(4-6-14)19-16(20)18-11-15-12-23-17(24-15)7-9-21-10-8-17/h3-6,15H,2,7-12H2,1H3,(H2,18,19,20)/t15-/m0/s1. The van der Waals surface area contributed by atoms with Crippen molar-refractivity contribution < 1.29 is 23.7 Å². The predicted octanol–water partition coefficient (Wildman–Crippen LogP) is 2.13. The van der Waals surface area contributed by atoms with E-state index in [1.807, 2.05) is 19.1 Å². The molecular formula is C17H24N2O5. The normalized spacial score (nSPS) is 22.3. The third-order valence-electron chi connectivity index (χ3n) is 4.08. The lowest BCUT2D eigenvalue weighted by Crippen LogP contribution is -2.40. The Morgan fingerprint density at radius 2 is 2.04 bits per heavy atom. The van der Waals surface area contributed by atoms with Crippen LogP contribution in [0.5, 0.6) is 5.75 Å². The highest BCUT2D eigenvalue weighted by Gasteiger charge is 2.42. The number of amides is 2. The molecular weight excluding hydrogens is 312 g/mol. The smallest absolute Gasteiger partial charge is 0.319 e. The zero-order valence-electron chi connectivity index (χ0n) is 13.9. The van der Waals surface area contributed by atoms with Crippen LogP contribution in [0.2, 0.25) is 0 Å². The maximum Gasteiger partial charge on any atom is 0.319 e. The van der Waals surface area contributed by atoms with Crippen LogP contribution in [0.15, 0.2) is 24.3 Å². The molecule has 2 amide bonds. The first kappa shape index (κ1) is 17.0. The molecule has 2 saturated heterocycles. The number of carbonyl (C=O) groups excluding carboxylic acids is 1. The van der Waals surface area contributed by atoms with E-state index in [9.17, 15) is 4.79 Å². The highest BCUT2D eigenvalue weighted by molar-refractivity contribution is 5.89. The Kier molecular flexibility index (Phi) is 5.55. The molecule has 1 spiro atoms. The highest BCUT2D eigenvalue weighted by Crippen LogP contribution is 2.32. The molecule has 2 aliphatic rings. The van der Waals surface area contributed by atoms with E-state index in [0.717, 1.165) is 18.6 Å². The third kappa shape index (κ3) is 4.37. The molecule has 2 fully saturated rings. The summed E-state index contributed by atoms with van der Waals surface area (Å²) < 4.78 is 22.5. The van der Waals surface area contributed by atoms with E-state index >= 15 is 0 Å². The van der Waals surface area contributed by atoms with Crippen molar-refractivity contribution in [2.24, 2.45) is 0 Å². The molecule has 132 valence electrons. The Balaban J connectivity index is 1.41. The van der Waals surface area contributed by atoms with Crippen molar-refractivity contribution in [3.05, 3.63) is 24.3 Å². The number of anilines is 1. The minimum absolute atomic E-state index is 0.130. The molecule has 7 heteroatoms. The molecule has 2 aliphatic heterocycles. The minimum Gasteiger partial charge on any atom is -0.494 e. The lowest BCUT2D eigenvalue weighted by Gasteiger charge is -2.31. The topological polar surface area (TPSA) is 78.1 Å². The Morgan fingerprint density at radius 1 is 1.29 bits per heavy atom. The number of ether oxygens (including phenoxy) is 4. The SMILES string of the molecule is CCOc1ccc(NC(=O)NC[C@H]2COC3(CCOCC3)O2)cc1. The quantitative estimate of drug-likeness (QED) is 0.861. The molecule has 1 atom stereocenters. The molecule has 0 saturated carbocycles. The summed E-state index contributed by atoms with van der Waals surface area (Å²) in [7, 11) is 0. The zero-order valence-corrected chi connectivity index (χ0v) is 13.9. The average Bonchev–Trinajstić information content (AvgIpc) is 2.98. The second-order valence-corrected chi connectivity index (χ2v) is 5.87. The van der Waals surface area contributed by atoms with E-state index in [-0.39, 0.29) is 12.1 Å². The molecule has 1 aromatic rings. The molecule has 24 heavy (non-hydrogen) atoms. The Morgan fingerprint density at radius 3 is 2.75 bits per heavy atom. The van der Waals surface area contributed by atoms with Gasteiger partial charge in [0.05, 0.1) is 26.4 Å². The van der Waals surface area contributed by atoms with Crippen LogP contribution < -0.4 is 15.4 Å². The van der Waals surface area contributed by atoms with Crippen molar-refractivity contribution in [2.75, 3.05) is 38.3 Å². The molecule has 0 unspecified atom stereocenters. The van der Waals surface area contributed by atoms with Gasteiger partial charge in [0.15, 0.2) is 5.79 Å². The number of hydrogen-bond donors (Lipinski definition) is 2. The largest absolute Gasteiger partial charge is 0.494 e. The summed E-state index contributed by atoms with van der Waals surface area (Å²) in [5, 5.41) is 5.60. The number of nitrogens with one attached hydrogen (secondary N) is 2. The minimum atomic E-state index is -0.518. The van der Waals surface area contributed by atoms with Crippen LogP contribution in [0.4, 0.5) is 10.5 Å². The van der Waals surface area contributed by atoms with Gasteiger partial charge in [0, 0.05) is 25.1 Å². The second kappa shape index (κ2) is 7.83. The van der Waals surface area contributed by atoms with Crippen LogP contribution >= 0.6 is 0 Å². The lowest BCUT2D eigenvalue weighted by atomic mass is 10.1. The van der Waals surface area contributed by atoms with Crippen LogP contribution in [0.3, 0.4) is 0 Å². The predicted molar refractivity (Wildman–Crippen MR) is 88.2 cm³/mol. The van der Waals surface area contributed by atoms with Gasteiger partial charge in [-0.2, -0.15) is 0 Å². The van der Waals surface area contributed by atoms with Crippen LogP contribution in [-0.2, 0) is 14.2 Å². The third-order valence-corrected chi connectivity index (χ3v) is 4.08. The van der Waals surface area contributed by atoms with Gasteiger partial charge in [-0.1, -0.05) is 0 Å². The van der Waals surface area contributed by atoms with Crippen molar-refractivity contribution >= 4 is 11.7 Å². The van der Waals surface area contributed by atoms with Crippen LogP contribution in [0.1, 0.15) is 19.8 Å². The van der Waals surface area contributed by atoms with E-state index in [0.29, 0.717) is 38.7 Å². The van der Waals surface area contributed by atoms with Gasteiger partial charge < -0.3 is 29.6 Å². The maximum absolute atomic E-state index is 12.0. The summed E-state index contributed by atoms with van der Waals surface area (Å²) >= 11 is 0. The summed E-state index contributed by atoms with van der Waals surface area (Å²) in [4.78, 5) is 12.0. The first-order valence-electron chi connectivity index (χ1n) is 8.36. The number of carbonyl (C=O) groups is 1. The molecule has 2 heterocycles. The maximum atomic E-state index is 12.0. The van der Waals surface area contributed by atoms with E-state index in [2.05, 4.69) is 10.6 Å². The van der Waals surface area contributed by atoms with Gasteiger partial charge >= 0.3 is 6.03 Å². The van der Waals surface area contributed by atoms with Gasteiger partial charge in [-0.3, -0.25) is 0 Å². The first-order chi connectivity index (χ1) is 11.7. The summed E-state index contributed by atoms with van der Waals surface area (Å²) in [5.74, 6) is 0.262. The van der Waals surface area contributed by atoms with Crippen molar-refractivity contribution in [1.82, 2.24) is 5.32 Å². The number of rotatable bonds is 5. The first-order valence-corrected chi connectivity index (χ1v) is 8.36. The van der Waals surface area contributed by atoms with Gasteiger partial charge in [0.2, 0.25) is 0 Å². The zero-order chi connectivity index (χ0) is 16.8. The van der Waals surface area contributed by atoms with Gasteiger partial charge in [0.25, 0.3) is 0 Å². The fourth-order valence-electron chi connectivity index (χ4n) is 2.84. The van der Waals surface area contributed by atoms with E-state index in [4.69, 9.17) is 18.9 Å². The Bertz CT molecular complexity index is 542. The van der Waals surface area contributed by atoms with Crippen LogP contribution in [-0.4, -0.2) is 50.9 Å². The molecule has 1 aromatic carbocycles. The van der Waals surface area contributed by atoms with Crippen molar-refractivity contribution in [3.63, 3.8) is 0 Å². The number of urea groups is 1. The molecule has 0 radical (unpaired) electrons. The Labute approximate surface area is 141 Å². The molecule has 0 bridgehead atoms. The molecule has 2 N–H and O–H groups in total. The fourth-order valence-corrected chi connectivity index (χ4v) is 2.84. The summed E-state index contributed by atoms with van der Waals surface area (Å²) in [6, 6.07) is 6.98. The molecule has 3 rings (SSSR count). The number of hydrogen-bond acceptors (Lipinski definition) is 5. The van der Waals surface area contributed by atoms with Crippen molar-refractivity contribution in [3.8, 4) is 5.75 Å². The van der Waals surface area contributed by atoms with Gasteiger partial charge in [0.1, 0.15) is 11.9 Å². The summed E-state index contributed by atoms with van der Waals surface area (Å²) in [5.41, 5.74) is 0.709. The molecule has 0 aliphatic carbocycles. The fraction of sp³-hybridized carbons (Fsp3) is 0.588. The van der Waals surface area contributed by atoms with Gasteiger partial charge in [-0.25, -0.2) is 4.79 Å². The Hall–Kier alpha value is -1.83. The van der Waals surface area contributed by atoms with E-state index in [1.165, 1.54) is 0 Å². The van der Waals surface area contributed by atoms with Crippen molar-refractivity contribution in [1.29, 1.82) is 0 Å². The lowest BCUT2D eigenvalue weighted by molar-refractivity contribution is -0.210. The monoisotopic (exact) mass is 336 g/mol. The molecule has 7 nitrogen and oxygen atoms in total. The summed E-state index contributed by atoms with van der Waals surface area (Å²) in [6.07, 6.45) is 1.35. The van der Waals surface area contributed by atoms with Crippen LogP contribution in [0.25, 0.3) is 0 Å². The molecule has 0 aromatic heterocycles. The van der Waals surface area contributed by atoms with Gasteiger partial charge in [-0.05, 0) is 31.2 Å². The second-order valence-electron chi connectivity index (χ2n) is 5.87. The van der Waals surface area contributed by atoms with Gasteiger partial charge in [-0.15, -0.1) is 0 Å². The van der Waals surface area contributed by atoms with E-state index in [1.54, 1.807) is 12.1 Å². The van der Waals surface area contributed by atoms with E-state index < -0.39 is 5.79 Å².